The molecule has 0 radical (unpaired) electrons. The highest BCUT2D eigenvalue weighted by atomic mass is 16.1. The summed E-state index contributed by atoms with van der Waals surface area (Å²) in [7, 11) is 0. The number of hydrogen-bond donors (Lipinski definition) is 1. The Hall–Kier alpha value is -2.68. The number of hydrogen-bond acceptors (Lipinski definition) is 4. The van der Waals surface area contributed by atoms with Gasteiger partial charge in [0.25, 0.3) is 0 Å². The van der Waals surface area contributed by atoms with Crippen LogP contribution in [0.15, 0.2) is 36.9 Å². The molecule has 1 amide bonds. The number of carbonyl (C=O) groups is 1. The van der Waals surface area contributed by atoms with Crippen molar-refractivity contribution in [3.63, 3.8) is 0 Å². The normalized spacial score (nSPS) is 9.59. The van der Waals surface area contributed by atoms with Gasteiger partial charge in [0.2, 0.25) is 5.91 Å². The number of carbonyl (C=O) groups excluding carboxylic acids is 1. The number of nitriles is 1. The molecule has 0 fully saturated rings. The summed E-state index contributed by atoms with van der Waals surface area (Å²) in [5.74, 6) is -0.319. The van der Waals surface area contributed by atoms with Crippen LogP contribution in [0.1, 0.15) is 6.42 Å². The first-order valence-corrected chi connectivity index (χ1v) is 4.91. The highest BCUT2D eigenvalue weighted by molar-refractivity contribution is 5.92. The summed E-state index contributed by atoms with van der Waals surface area (Å²) < 4.78 is 1.61. The van der Waals surface area contributed by atoms with Gasteiger partial charge in [0.05, 0.1) is 11.8 Å². The molecule has 0 unspecified atom stereocenters. The van der Waals surface area contributed by atoms with Crippen LogP contribution in [0.2, 0.25) is 0 Å². The lowest BCUT2D eigenvalue weighted by Gasteiger charge is -2.04. The molecule has 84 valence electrons. The summed E-state index contributed by atoms with van der Waals surface area (Å²) in [6.45, 7) is 0. The lowest BCUT2D eigenvalue weighted by molar-refractivity contribution is -0.115. The molecule has 0 aliphatic heterocycles. The van der Waals surface area contributed by atoms with Crippen LogP contribution in [0.5, 0.6) is 0 Å². The molecule has 1 aromatic carbocycles. The molecule has 1 heterocycles. The topological polar surface area (TPSA) is 83.6 Å². The molecule has 2 rings (SSSR count). The van der Waals surface area contributed by atoms with Crippen molar-refractivity contribution in [3.8, 4) is 11.8 Å². The Morgan fingerprint density at radius 1 is 1.41 bits per heavy atom. The summed E-state index contributed by atoms with van der Waals surface area (Å²) in [5.41, 5.74) is 1.50. The molecule has 0 saturated heterocycles. The van der Waals surface area contributed by atoms with Gasteiger partial charge in [0.1, 0.15) is 19.1 Å². The van der Waals surface area contributed by atoms with E-state index in [0.717, 1.165) is 5.69 Å². The molecule has 1 aromatic heterocycles. The van der Waals surface area contributed by atoms with E-state index < -0.39 is 0 Å². The zero-order chi connectivity index (χ0) is 12.1. The molecule has 6 heteroatoms. The smallest absolute Gasteiger partial charge is 0.238 e. The van der Waals surface area contributed by atoms with E-state index in [0.29, 0.717) is 5.69 Å². The van der Waals surface area contributed by atoms with Gasteiger partial charge in [-0.05, 0) is 24.3 Å². The standard InChI is InChI=1S/C11H9N5O/c12-6-5-11(17)15-9-1-3-10(4-2-9)16-8-13-7-14-16/h1-4,7-8H,5H2,(H,15,17). The maximum atomic E-state index is 11.2. The van der Waals surface area contributed by atoms with Gasteiger partial charge in [0, 0.05) is 5.69 Å². The van der Waals surface area contributed by atoms with Crippen molar-refractivity contribution in [2.75, 3.05) is 5.32 Å². The van der Waals surface area contributed by atoms with E-state index in [1.54, 1.807) is 41.3 Å². The predicted molar refractivity (Wildman–Crippen MR) is 60.2 cm³/mol. The minimum atomic E-state index is -0.319. The predicted octanol–water partition coefficient (Wildman–Crippen LogP) is 1.12. The molecule has 6 nitrogen and oxygen atoms in total. The van der Waals surface area contributed by atoms with Crippen molar-refractivity contribution in [1.29, 1.82) is 5.26 Å². The second-order valence-electron chi connectivity index (χ2n) is 3.27. The molecular formula is C11H9N5O. The number of nitrogens with zero attached hydrogens (tertiary/aromatic N) is 4. The first kappa shape index (κ1) is 10.8. The van der Waals surface area contributed by atoms with Crippen LogP contribution < -0.4 is 5.32 Å². The van der Waals surface area contributed by atoms with Crippen LogP contribution in [-0.2, 0) is 4.79 Å². The largest absolute Gasteiger partial charge is 0.325 e. The molecule has 0 saturated carbocycles. The average molecular weight is 227 g/mol. The lowest BCUT2D eigenvalue weighted by atomic mass is 10.2. The first-order chi connectivity index (χ1) is 8.29. The summed E-state index contributed by atoms with van der Waals surface area (Å²) in [5, 5.41) is 14.9. The van der Waals surface area contributed by atoms with Gasteiger partial charge in [-0.25, -0.2) is 9.67 Å². The number of aromatic nitrogens is 3. The van der Waals surface area contributed by atoms with E-state index in [-0.39, 0.29) is 12.3 Å². The van der Waals surface area contributed by atoms with Gasteiger partial charge in [-0.15, -0.1) is 0 Å². The minimum Gasteiger partial charge on any atom is -0.325 e. The molecular weight excluding hydrogens is 218 g/mol. The van der Waals surface area contributed by atoms with Crippen LogP contribution >= 0.6 is 0 Å². The van der Waals surface area contributed by atoms with Crippen molar-refractivity contribution in [3.05, 3.63) is 36.9 Å². The number of amides is 1. The van der Waals surface area contributed by atoms with Gasteiger partial charge < -0.3 is 5.32 Å². The Bertz CT molecular complexity index is 538. The van der Waals surface area contributed by atoms with Crippen molar-refractivity contribution in [2.45, 2.75) is 6.42 Å². The summed E-state index contributed by atoms with van der Waals surface area (Å²) >= 11 is 0. The molecule has 0 aliphatic rings. The Morgan fingerprint density at radius 3 is 2.76 bits per heavy atom. The number of rotatable bonds is 3. The van der Waals surface area contributed by atoms with Crippen LogP contribution in [0.25, 0.3) is 5.69 Å². The number of benzene rings is 1. The lowest BCUT2D eigenvalue weighted by Crippen LogP contribution is -2.10. The highest BCUT2D eigenvalue weighted by Gasteiger charge is 2.01. The van der Waals surface area contributed by atoms with E-state index in [2.05, 4.69) is 15.4 Å². The third-order valence-electron chi connectivity index (χ3n) is 2.07. The number of anilines is 1. The second-order valence-corrected chi connectivity index (χ2v) is 3.27. The Morgan fingerprint density at radius 2 is 2.18 bits per heavy atom. The maximum Gasteiger partial charge on any atom is 0.238 e. The number of nitrogens with one attached hydrogen (secondary N) is 1. The fourth-order valence-corrected chi connectivity index (χ4v) is 1.32. The molecule has 1 N–H and O–H groups in total. The van der Waals surface area contributed by atoms with E-state index >= 15 is 0 Å². The van der Waals surface area contributed by atoms with Crippen molar-refractivity contribution in [2.24, 2.45) is 0 Å². The van der Waals surface area contributed by atoms with Gasteiger partial charge >= 0.3 is 0 Å². The first-order valence-electron chi connectivity index (χ1n) is 4.91. The van der Waals surface area contributed by atoms with Crippen LogP contribution in [0.3, 0.4) is 0 Å². The molecule has 0 aliphatic carbocycles. The Kier molecular flexibility index (Phi) is 3.12. The maximum absolute atomic E-state index is 11.2. The van der Waals surface area contributed by atoms with E-state index in [4.69, 9.17) is 5.26 Å². The van der Waals surface area contributed by atoms with Crippen LogP contribution in [0, 0.1) is 11.3 Å². The molecule has 0 atom stereocenters. The molecule has 0 bridgehead atoms. The second kappa shape index (κ2) is 4.90. The fourth-order valence-electron chi connectivity index (χ4n) is 1.32. The van der Waals surface area contributed by atoms with Crippen molar-refractivity contribution >= 4 is 11.6 Å². The average Bonchev–Trinajstić information content (AvgIpc) is 2.84. The minimum absolute atomic E-state index is 0.148. The molecule has 17 heavy (non-hydrogen) atoms. The summed E-state index contributed by atoms with van der Waals surface area (Å²) in [6.07, 6.45) is 2.89. The zero-order valence-corrected chi connectivity index (χ0v) is 8.87. The third kappa shape index (κ3) is 2.66. The summed E-state index contributed by atoms with van der Waals surface area (Å²) in [6, 6.07) is 8.88. The highest BCUT2D eigenvalue weighted by Crippen LogP contribution is 2.12. The quantitative estimate of drug-likeness (QED) is 0.851. The SMILES string of the molecule is N#CCC(=O)Nc1ccc(-n2cncn2)cc1. The van der Waals surface area contributed by atoms with Gasteiger partial charge in [-0.2, -0.15) is 10.4 Å². The van der Waals surface area contributed by atoms with E-state index in [1.807, 2.05) is 0 Å². The monoisotopic (exact) mass is 227 g/mol. The van der Waals surface area contributed by atoms with Gasteiger partial charge in [0.15, 0.2) is 0 Å². The van der Waals surface area contributed by atoms with Crippen molar-refractivity contribution in [1.82, 2.24) is 14.8 Å². The van der Waals surface area contributed by atoms with Crippen molar-refractivity contribution < 1.29 is 4.79 Å². The fraction of sp³-hybridized carbons (Fsp3) is 0.0909. The molecule has 0 spiro atoms. The zero-order valence-electron chi connectivity index (χ0n) is 8.87. The van der Waals surface area contributed by atoms with Crippen LogP contribution in [0.4, 0.5) is 5.69 Å². The Labute approximate surface area is 97.5 Å². The summed E-state index contributed by atoms with van der Waals surface area (Å²) in [4.78, 5) is 15.0. The van der Waals surface area contributed by atoms with Gasteiger partial charge in [-0.3, -0.25) is 4.79 Å². The van der Waals surface area contributed by atoms with Crippen LogP contribution in [-0.4, -0.2) is 20.7 Å². The van der Waals surface area contributed by atoms with E-state index in [1.165, 1.54) is 6.33 Å². The third-order valence-corrected chi connectivity index (χ3v) is 2.07. The van der Waals surface area contributed by atoms with E-state index in [9.17, 15) is 4.79 Å². The Balaban J connectivity index is 2.09. The molecule has 2 aromatic rings. The van der Waals surface area contributed by atoms with Gasteiger partial charge in [-0.1, -0.05) is 0 Å².